The van der Waals surface area contributed by atoms with E-state index in [9.17, 15) is 14.7 Å². The zero-order valence-corrected chi connectivity index (χ0v) is 17.9. The fourth-order valence-electron chi connectivity index (χ4n) is 4.39. The molecular formula is C25H26N2O4. The summed E-state index contributed by atoms with van der Waals surface area (Å²) in [6.07, 6.45) is 2.00. The molecule has 31 heavy (non-hydrogen) atoms. The van der Waals surface area contributed by atoms with Gasteiger partial charge in [0, 0.05) is 40.6 Å². The predicted molar refractivity (Wildman–Crippen MR) is 119 cm³/mol. The summed E-state index contributed by atoms with van der Waals surface area (Å²) in [5.41, 5.74) is 5.12. The number of hydrogen-bond acceptors (Lipinski definition) is 5. The molecule has 1 heterocycles. The van der Waals surface area contributed by atoms with Crippen molar-refractivity contribution in [2.45, 2.75) is 39.0 Å². The van der Waals surface area contributed by atoms with Gasteiger partial charge < -0.3 is 20.5 Å². The summed E-state index contributed by atoms with van der Waals surface area (Å²) >= 11 is 0. The second-order valence-corrected chi connectivity index (χ2v) is 7.97. The Kier molecular flexibility index (Phi) is 5.55. The monoisotopic (exact) mass is 418 g/mol. The average molecular weight is 418 g/mol. The minimum Gasteiger partial charge on any atom is -0.504 e. The fourth-order valence-corrected chi connectivity index (χ4v) is 4.39. The van der Waals surface area contributed by atoms with Gasteiger partial charge in [-0.25, -0.2) is 0 Å². The third-order valence-corrected chi connectivity index (χ3v) is 5.95. The Labute approximate surface area is 181 Å². The summed E-state index contributed by atoms with van der Waals surface area (Å²) < 4.78 is 5.29. The van der Waals surface area contributed by atoms with Gasteiger partial charge in [-0.3, -0.25) is 9.59 Å². The van der Waals surface area contributed by atoms with Crippen LogP contribution >= 0.6 is 0 Å². The number of carbonyl (C=O) groups is 2. The molecule has 1 atom stereocenters. The molecule has 1 aliphatic carbocycles. The maximum absolute atomic E-state index is 13.5. The second kappa shape index (κ2) is 8.30. The number of aryl methyl sites for hydroxylation is 1. The van der Waals surface area contributed by atoms with Crippen LogP contribution in [0.15, 0.2) is 65.0 Å². The Bertz CT molecular complexity index is 1130. The second-order valence-electron chi connectivity index (χ2n) is 7.97. The van der Waals surface area contributed by atoms with E-state index in [1.165, 1.54) is 13.2 Å². The van der Waals surface area contributed by atoms with E-state index >= 15 is 0 Å². The van der Waals surface area contributed by atoms with Crippen LogP contribution in [0, 0.1) is 6.92 Å². The molecule has 2 aromatic rings. The Morgan fingerprint density at radius 3 is 2.68 bits per heavy atom. The molecule has 0 radical (unpaired) electrons. The highest BCUT2D eigenvalue weighted by Gasteiger charge is 2.38. The molecule has 0 fully saturated rings. The molecule has 1 amide bonds. The number of para-hydroxylation sites is 1. The Hall–Kier alpha value is -3.54. The highest BCUT2D eigenvalue weighted by Crippen LogP contribution is 2.44. The molecule has 2 aromatic carbocycles. The first-order chi connectivity index (χ1) is 14.9. The topological polar surface area (TPSA) is 87.7 Å². The van der Waals surface area contributed by atoms with E-state index in [2.05, 4.69) is 10.6 Å². The highest BCUT2D eigenvalue weighted by molar-refractivity contribution is 6.10. The van der Waals surface area contributed by atoms with Crippen LogP contribution < -0.4 is 15.4 Å². The number of Topliss-reactive ketones (excluding diaryl/α,β-unsaturated/α-hetero) is 1. The molecule has 6 heteroatoms. The van der Waals surface area contributed by atoms with Crippen LogP contribution in [-0.4, -0.2) is 23.9 Å². The lowest BCUT2D eigenvalue weighted by Gasteiger charge is -2.34. The van der Waals surface area contributed by atoms with E-state index in [0.29, 0.717) is 23.3 Å². The molecule has 0 saturated carbocycles. The normalized spacial score (nSPS) is 18.4. The van der Waals surface area contributed by atoms with Crippen molar-refractivity contribution in [3.8, 4) is 11.5 Å². The number of phenols is 1. The van der Waals surface area contributed by atoms with Gasteiger partial charge in [-0.2, -0.15) is 0 Å². The van der Waals surface area contributed by atoms with E-state index in [0.717, 1.165) is 41.1 Å². The number of aromatic hydroxyl groups is 1. The zero-order valence-electron chi connectivity index (χ0n) is 17.9. The molecule has 0 unspecified atom stereocenters. The molecule has 0 spiro atoms. The van der Waals surface area contributed by atoms with Crippen molar-refractivity contribution in [1.29, 1.82) is 0 Å². The minimum absolute atomic E-state index is 0.0102. The van der Waals surface area contributed by atoms with Crippen molar-refractivity contribution in [3.05, 3.63) is 76.1 Å². The van der Waals surface area contributed by atoms with Gasteiger partial charge in [0.05, 0.1) is 7.11 Å². The molecule has 0 saturated heterocycles. The lowest BCUT2D eigenvalue weighted by atomic mass is 9.75. The quantitative estimate of drug-likeness (QED) is 0.688. The number of nitrogens with one attached hydrogen (secondary N) is 2. The van der Waals surface area contributed by atoms with Crippen molar-refractivity contribution < 1.29 is 19.4 Å². The van der Waals surface area contributed by atoms with Gasteiger partial charge in [0.15, 0.2) is 17.3 Å². The number of anilines is 1. The molecule has 4 rings (SSSR count). The number of ether oxygens (including phenoxy) is 1. The molecule has 6 nitrogen and oxygen atoms in total. The highest BCUT2D eigenvalue weighted by atomic mass is 16.5. The van der Waals surface area contributed by atoms with Gasteiger partial charge in [-0.1, -0.05) is 24.3 Å². The first-order valence-electron chi connectivity index (χ1n) is 10.4. The molecule has 3 N–H and O–H groups in total. The van der Waals surface area contributed by atoms with Crippen molar-refractivity contribution in [2.75, 3.05) is 12.4 Å². The molecular weight excluding hydrogens is 392 g/mol. The number of rotatable bonds is 4. The summed E-state index contributed by atoms with van der Waals surface area (Å²) in [6, 6.07) is 12.6. The smallest absolute Gasteiger partial charge is 0.254 e. The van der Waals surface area contributed by atoms with Crippen molar-refractivity contribution in [2.24, 2.45) is 0 Å². The van der Waals surface area contributed by atoms with Crippen LogP contribution in [0.1, 0.15) is 43.2 Å². The molecule has 2 aliphatic rings. The van der Waals surface area contributed by atoms with E-state index in [1.54, 1.807) is 12.1 Å². The number of methoxy groups -OCH3 is 1. The van der Waals surface area contributed by atoms with E-state index in [1.807, 2.05) is 38.1 Å². The zero-order chi connectivity index (χ0) is 22.1. The molecule has 1 aliphatic heterocycles. The lowest BCUT2D eigenvalue weighted by molar-refractivity contribution is -0.116. The van der Waals surface area contributed by atoms with Crippen molar-refractivity contribution in [3.63, 3.8) is 0 Å². The van der Waals surface area contributed by atoms with Gasteiger partial charge >= 0.3 is 0 Å². The van der Waals surface area contributed by atoms with Gasteiger partial charge in [-0.05, 0) is 56.0 Å². The molecule has 0 aromatic heterocycles. The van der Waals surface area contributed by atoms with Crippen LogP contribution in [0.5, 0.6) is 11.5 Å². The van der Waals surface area contributed by atoms with Crippen molar-refractivity contribution in [1.82, 2.24) is 5.32 Å². The van der Waals surface area contributed by atoms with E-state index in [4.69, 9.17) is 4.74 Å². The largest absolute Gasteiger partial charge is 0.504 e. The number of carbonyl (C=O) groups excluding carboxylic acids is 2. The van der Waals surface area contributed by atoms with Gasteiger partial charge in [0.2, 0.25) is 0 Å². The lowest BCUT2D eigenvalue weighted by Crippen LogP contribution is -2.35. The average Bonchev–Trinajstić information content (AvgIpc) is 2.75. The Balaban J connectivity index is 1.83. The van der Waals surface area contributed by atoms with Crippen LogP contribution in [0.2, 0.25) is 0 Å². The number of amides is 1. The Morgan fingerprint density at radius 2 is 1.94 bits per heavy atom. The first-order valence-corrected chi connectivity index (χ1v) is 10.4. The van der Waals surface area contributed by atoms with Gasteiger partial charge in [-0.15, -0.1) is 0 Å². The Morgan fingerprint density at radius 1 is 1.16 bits per heavy atom. The number of benzene rings is 2. The van der Waals surface area contributed by atoms with E-state index < -0.39 is 5.92 Å². The standard InChI is InChI=1S/C25H26N2O4/c1-14-7-4-5-8-17(14)27-25(30)22-15(2)26-18-9-6-10-20(29)24(18)23(22)16-11-12-19(28)21(13-16)31-3/h4-5,7-8,11-13,23,26,28H,6,9-10H2,1-3H3,(H,27,30)/t23-/m1/s1. The number of dihydropyridines is 1. The van der Waals surface area contributed by atoms with E-state index in [-0.39, 0.29) is 17.4 Å². The maximum Gasteiger partial charge on any atom is 0.254 e. The minimum atomic E-state index is -0.539. The fraction of sp³-hybridized carbons (Fsp3) is 0.280. The van der Waals surface area contributed by atoms with Crippen LogP contribution in [0.25, 0.3) is 0 Å². The molecule has 0 bridgehead atoms. The summed E-state index contributed by atoms with van der Waals surface area (Å²) in [7, 11) is 1.48. The van der Waals surface area contributed by atoms with Crippen LogP contribution in [0.4, 0.5) is 5.69 Å². The number of phenolic OH excluding ortho intramolecular Hbond substituents is 1. The summed E-state index contributed by atoms with van der Waals surface area (Å²) in [5, 5.41) is 16.4. The van der Waals surface area contributed by atoms with Gasteiger partial charge in [0.1, 0.15) is 0 Å². The summed E-state index contributed by atoms with van der Waals surface area (Å²) in [5.74, 6) is -0.447. The summed E-state index contributed by atoms with van der Waals surface area (Å²) in [6.45, 7) is 3.80. The van der Waals surface area contributed by atoms with Crippen molar-refractivity contribution >= 4 is 17.4 Å². The summed E-state index contributed by atoms with van der Waals surface area (Å²) in [4.78, 5) is 26.5. The predicted octanol–water partition coefficient (Wildman–Crippen LogP) is 4.32. The first kappa shape index (κ1) is 20.7. The van der Waals surface area contributed by atoms with Crippen LogP contribution in [-0.2, 0) is 9.59 Å². The number of allylic oxidation sites excluding steroid dienone is 3. The number of ketones is 1. The third-order valence-electron chi connectivity index (χ3n) is 5.95. The van der Waals surface area contributed by atoms with Gasteiger partial charge in [0.25, 0.3) is 5.91 Å². The van der Waals surface area contributed by atoms with Crippen LogP contribution in [0.3, 0.4) is 0 Å². The number of hydrogen-bond donors (Lipinski definition) is 3. The maximum atomic E-state index is 13.5. The third kappa shape index (κ3) is 3.81. The molecule has 160 valence electrons. The SMILES string of the molecule is COc1cc([C@@H]2C(C(=O)Nc3ccccc3C)=C(C)NC3=C2C(=O)CCC3)ccc1O.